The van der Waals surface area contributed by atoms with Crippen LogP contribution in [0.3, 0.4) is 0 Å². The third kappa shape index (κ3) is 6.68. The fraction of sp³-hybridized carbons (Fsp3) is 0.944. The van der Waals surface area contributed by atoms with Crippen molar-refractivity contribution < 1.29 is 4.74 Å². The minimum absolute atomic E-state index is 0.311. The lowest BCUT2D eigenvalue weighted by molar-refractivity contribution is 0.0782. The van der Waals surface area contributed by atoms with Gasteiger partial charge in [-0.3, -0.25) is 9.89 Å². The van der Waals surface area contributed by atoms with Gasteiger partial charge in [0.15, 0.2) is 5.96 Å². The predicted molar refractivity (Wildman–Crippen MR) is 97.1 cm³/mol. The number of rotatable bonds is 8. The van der Waals surface area contributed by atoms with Crippen LogP contribution in [0.2, 0.25) is 0 Å². The van der Waals surface area contributed by atoms with Crippen LogP contribution < -0.4 is 10.6 Å². The minimum atomic E-state index is 0.311. The van der Waals surface area contributed by atoms with Gasteiger partial charge >= 0.3 is 0 Å². The Labute approximate surface area is 142 Å². The van der Waals surface area contributed by atoms with E-state index < -0.39 is 0 Å². The molecule has 1 aliphatic carbocycles. The average molecular weight is 325 g/mol. The summed E-state index contributed by atoms with van der Waals surface area (Å²) in [6.07, 6.45) is 8.16. The Balaban J connectivity index is 1.70. The SMILES string of the molecule is CCNC(=NCCCOC(C)C)NC1CCN(C2CCCC2)C1. The van der Waals surface area contributed by atoms with Crippen LogP contribution in [0, 0.1) is 0 Å². The number of nitrogens with zero attached hydrogens (tertiary/aromatic N) is 2. The second-order valence-electron chi connectivity index (χ2n) is 7.10. The summed E-state index contributed by atoms with van der Waals surface area (Å²) in [5.41, 5.74) is 0. The van der Waals surface area contributed by atoms with Crippen LogP contribution in [0.4, 0.5) is 0 Å². The maximum Gasteiger partial charge on any atom is 0.191 e. The second-order valence-corrected chi connectivity index (χ2v) is 7.10. The standard InChI is InChI=1S/C18H36N4O/c1-4-19-18(20-11-7-13-23-15(2)3)21-16-10-12-22(14-16)17-8-5-6-9-17/h15-17H,4-14H2,1-3H3,(H2,19,20,21). The van der Waals surface area contributed by atoms with Crippen molar-refractivity contribution in [2.75, 3.05) is 32.8 Å². The molecule has 1 atom stereocenters. The van der Waals surface area contributed by atoms with Gasteiger partial charge in [0.1, 0.15) is 0 Å². The Hall–Kier alpha value is -0.810. The summed E-state index contributed by atoms with van der Waals surface area (Å²) in [4.78, 5) is 7.38. The first-order chi connectivity index (χ1) is 11.2. The number of hydrogen-bond donors (Lipinski definition) is 2. The number of likely N-dealkylation sites (tertiary alicyclic amines) is 1. The molecule has 0 radical (unpaired) electrons. The number of hydrogen-bond acceptors (Lipinski definition) is 3. The predicted octanol–water partition coefficient (Wildman–Crippen LogP) is 2.37. The summed E-state index contributed by atoms with van der Waals surface area (Å²) in [6.45, 7) is 11.2. The Morgan fingerprint density at radius 2 is 2.04 bits per heavy atom. The lowest BCUT2D eigenvalue weighted by Crippen LogP contribution is -2.45. The highest BCUT2D eigenvalue weighted by Crippen LogP contribution is 2.26. The molecule has 1 aliphatic heterocycles. The molecule has 1 saturated heterocycles. The van der Waals surface area contributed by atoms with Crippen molar-refractivity contribution in [3.63, 3.8) is 0 Å². The van der Waals surface area contributed by atoms with Gasteiger partial charge in [-0.05, 0) is 46.5 Å². The van der Waals surface area contributed by atoms with E-state index in [9.17, 15) is 0 Å². The van der Waals surface area contributed by atoms with E-state index >= 15 is 0 Å². The molecule has 0 spiro atoms. The van der Waals surface area contributed by atoms with Crippen LogP contribution in [0.25, 0.3) is 0 Å². The lowest BCUT2D eigenvalue weighted by atomic mass is 10.2. The zero-order valence-electron chi connectivity index (χ0n) is 15.3. The molecule has 0 aromatic rings. The van der Waals surface area contributed by atoms with E-state index in [0.717, 1.165) is 38.1 Å². The third-order valence-corrected chi connectivity index (χ3v) is 4.77. The molecule has 0 aromatic carbocycles. The smallest absolute Gasteiger partial charge is 0.191 e. The Morgan fingerprint density at radius 3 is 2.74 bits per heavy atom. The molecule has 5 heteroatoms. The first-order valence-electron chi connectivity index (χ1n) is 9.59. The average Bonchev–Trinajstić information content (AvgIpc) is 3.17. The monoisotopic (exact) mass is 324 g/mol. The summed E-state index contributed by atoms with van der Waals surface area (Å²) in [5.74, 6) is 0.968. The van der Waals surface area contributed by atoms with Crippen LogP contribution >= 0.6 is 0 Å². The first kappa shape index (κ1) is 18.5. The van der Waals surface area contributed by atoms with E-state index in [1.54, 1.807) is 0 Å². The van der Waals surface area contributed by atoms with Crippen LogP contribution in [0.1, 0.15) is 59.3 Å². The summed E-state index contributed by atoms with van der Waals surface area (Å²) < 4.78 is 5.57. The molecule has 1 heterocycles. The fourth-order valence-corrected chi connectivity index (χ4v) is 3.59. The zero-order valence-corrected chi connectivity index (χ0v) is 15.3. The van der Waals surface area contributed by atoms with Gasteiger partial charge in [-0.1, -0.05) is 12.8 Å². The molecule has 5 nitrogen and oxygen atoms in total. The van der Waals surface area contributed by atoms with Crippen LogP contribution in [-0.2, 0) is 4.74 Å². The molecule has 2 N–H and O–H groups in total. The van der Waals surface area contributed by atoms with E-state index in [4.69, 9.17) is 9.73 Å². The third-order valence-electron chi connectivity index (χ3n) is 4.77. The van der Waals surface area contributed by atoms with Gasteiger partial charge in [0.05, 0.1) is 6.10 Å². The molecule has 1 unspecified atom stereocenters. The molecule has 0 amide bonds. The van der Waals surface area contributed by atoms with Crippen molar-refractivity contribution in [2.24, 2.45) is 4.99 Å². The molecule has 2 aliphatic rings. The molecule has 2 fully saturated rings. The van der Waals surface area contributed by atoms with E-state index in [-0.39, 0.29) is 0 Å². The van der Waals surface area contributed by atoms with Crippen molar-refractivity contribution in [2.45, 2.75) is 77.5 Å². The van der Waals surface area contributed by atoms with Crippen LogP contribution in [-0.4, -0.2) is 61.8 Å². The molecule has 23 heavy (non-hydrogen) atoms. The molecule has 134 valence electrons. The van der Waals surface area contributed by atoms with Gasteiger partial charge < -0.3 is 15.4 Å². The van der Waals surface area contributed by atoms with E-state index in [2.05, 4.69) is 36.3 Å². The van der Waals surface area contributed by atoms with E-state index in [0.29, 0.717) is 12.1 Å². The van der Waals surface area contributed by atoms with E-state index in [1.807, 2.05) is 0 Å². The number of nitrogens with one attached hydrogen (secondary N) is 2. The second kappa shape index (κ2) is 10.1. The zero-order chi connectivity index (χ0) is 16.5. The van der Waals surface area contributed by atoms with Crippen molar-refractivity contribution >= 4 is 5.96 Å². The summed E-state index contributed by atoms with van der Waals surface area (Å²) >= 11 is 0. The van der Waals surface area contributed by atoms with Gasteiger partial charge in [-0.25, -0.2) is 0 Å². The van der Waals surface area contributed by atoms with Crippen molar-refractivity contribution in [1.29, 1.82) is 0 Å². The number of aliphatic imine (C=N–C) groups is 1. The van der Waals surface area contributed by atoms with Crippen LogP contribution in [0.15, 0.2) is 4.99 Å². The van der Waals surface area contributed by atoms with Gasteiger partial charge in [0.2, 0.25) is 0 Å². The normalized spacial score (nSPS) is 23.8. The molecule has 1 saturated carbocycles. The van der Waals surface area contributed by atoms with Crippen molar-refractivity contribution in [3.8, 4) is 0 Å². The molecule has 2 rings (SSSR count). The van der Waals surface area contributed by atoms with Crippen molar-refractivity contribution in [3.05, 3.63) is 0 Å². The Bertz CT molecular complexity index is 353. The minimum Gasteiger partial charge on any atom is -0.379 e. The molecule has 0 bridgehead atoms. The Kier molecular flexibility index (Phi) is 8.17. The Morgan fingerprint density at radius 1 is 1.26 bits per heavy atom. The maximum absolute atomic E-state index is 5.57. The topological polar surface area (TPSA) is 48.9 Å². The van der Waals surface area contributed by atoms with Gasteiger partial charge in [-0.15, -0.1) is 0 Å². The van der Waals surface area contributed by atoms with Crippen LogP contribution in [0.5, 0.6) is 0 Å². The first-order valence-corrected chi connectivity index (χ1v) is 9.59. The van der Waals surface area contributed by atoms with Gasteiger partial charge in [-0.2, -0.15) is 0 Å². The van der Waals surface area contributed by atoms with Gasteiger partial charge in [0.25, 0.3) is 0 Å². The maximum atomic E-state index is 5.57. The highest BCUT2D eigenvalue weighted by molar-refractivity contribution is 5.80. The largest absolute Gasteiger partial charge is 0.379 e. The fourth-order valence-electron chi connectivity index (χ4n) is 3.59. The quantitative estimate of drug-likeness (QED) is 0.409. The van der Waals surface area contributed by atoms with Crippen molar-refractivity contribution in [1.82, 2.24) is 15.5 Å². The number of ether oxygens (including phenoxy) is 1. The molecular weight excluding hydrogens is 288 g/mol. The van der Waals surface area contributed by atoms with Gasteiger partial charge in [0, 0.05) is 44.9 Å². The van der Waals surface area contributed by atoms with E-state index in [1.165, 1.54) is 45.2 Å². The summed E-state index contributed by atoms with van der Waals surface area (Å²) in [6, 6.07) is 1.38. The molecular formula is C18H36N4O. The highest BCUT2D eigenvalue weighted by Gasteiger charge is 2.30. The molecule has 0 aromatic heterocycles. The summed E-state index contributed by atoms with van der Waals surface area (Å²) in [7, 11) is 0. The highest BCUT2D eigenvalue weighted by atomic mass is 16.5. The lowest BCUT2D eigenvalue weighted by Gasteiger charge is -2.24. The number of guanidine groups is 1. The summed E-state index contributed by atoms with van der Waals surface area (Å²) in [5, 5.41) is 7.00.